The number of nitrogens with one attached hydrogen (secondary N) is 2. The highest BCUT2D eigenvalue weighted by atomic mass is 19.4. The maximum atomic E-state index is 11.8. The third-order valence-electron chi connectivity index (χ3n) is 2.32. The van der Waals surface area contributed by atoms with Crippen LogP contribution in [-0.2, 0) is 0 Å². The lowest BCUT2D eigenvalue weighted by molar-refractivity contribution is -0.135. The summed E-state index contributed by atoms with van der Waals surface area (Å²) < 4.78 is 35.3. The molecule has 2 N–H and O–H groups in total. The van der Waals surface area contributed by atoms with Crippen LogP contribution in [0.1, 0.15) is 12.8 Å². The first kappa shape index (κ1) is 13.1. The van der Waals surface area contributed by atoms with Crippen molar-refractivity contribution in [3.63, 3.8) is 0 Å². The fourth-order valence-corrected chi connectivity index (χ4v) is 1.48. The molecule has 94 valence electrons. The summed E-state index contributed by atoms with van der Waals surface area (Å²) in [7, 11) is 0. The summed E-state index contributed by atoms with van der Waals surface area (Å²) in [4.78, 5) is 12.7. The monoisotopic (exact) mass is 239 g/mol. The highest BCUT2D eigenvalue weighted by Gasteiger charge is 2.25. The minimum Gasteiger partial charge on any atom is -0.336 e. The van der Waals surface area contributed by atoms with E-state index < -0.39 is 12.6 Å². The minimum absolute atomic E-state index is 0.0791. The smallest absolute Gasteiger partial charge is 0.336 e. The van der Waals surface area contributed by atoms with Gasteiger partial charge in [-0.05, 0) is 13.0 Å². The molecule has 0 spiro atoms. The quantitative estimate of drug-likeness (QED) is 0.678. The van der Waals surface area contributed by atoms with Gasteiger partial charge in [0, 0.05) is 32.6 Å². The average molecular weight is 239 g/mol. The first-order chi connectivity index (χ1) is 7.49. The summed E-state index contributed by atoms with van der Waals surface area (Å²) in [6.45, 7) is 2.72. The average Bonchev–Trinajstić information content (AvgIpc) is 2.56. The molecule has 1 aliphatic heterocycles. The van der Waals surface area contributed by atoms with Crippen molar-refractivity contribution in [2.24, 2.45) is 0 Å². The topological polar surface area (TPSA) is 44.4 Å². The molecular weight excluding hydrogens is 223 g/mol. The van der Waals surface area contributed by atoms with E-state index in [2.05, 4.69) is 10.6 Å². The number of nitrogens with zero attached hydrogens (tertiary/aromatic N) is 1. The minimum atomic E-state index is -4.07. The number of halogens is 3. The van der Waals surface area contributed by atoms with Gasteiger partial charge in [-0.15, -0.1) is 0 Å². The lowest BCUT2D eigenvalue weighted by atomic mass is 10.3. The van der Waals surface area contributed by atoms with Gasteiger partial charge in [-0.3, -0.25) is 0 Å². The van der Waals surface area contributed by atoms with Crippen molar-refractivity contribution in [3.05, 3.63) is 0 Å². The number of amides is 2. The maximum Gasteiger partial charge on any atom is 0.389 e. The van der Waals surface area contributed by atoms with E-state index in [1.54, 1.807) is 4.90 Å². The van der Waals surface area contributed by atoms with Crippen LogP contribution in [0.4, 0.5) is 18.0 Å². The predicted molar refractivity (Wildman–Crippen MR) is 53.1 cm³/mol. The van der Waals surface area contributed by atoms with Crippen molar-refractivity contribution >= 4 is 6.03 Å². The molecule has 0 saturated carbocycles. The third kappa shape index (κ3) is 5.20. The summed E-state index contributed by atoms with van der Waals surface area (Å²) in [5.74, 6) is 0. The van der Waals surface area contributed by atoms with Gasteiger partial charge in [0.15, 0.2) is 0 Å². The van der Waals surface area contributed by atoms with Gasteiger partial charge in [-0.2, -0.15) is 13.2 Å². The Kier molecular flexibility index (Phi) is 4.85. The van der Waals surface area contributed by atoms with Crippen molar-refractivity contribution in [2.75, 3.05) is 32.7 Å². The van der Waals surface area contributed by atoms with E-state index in [1.165, 1.54) is 0 Å². The molecule has 4 nitrogen and oxygen atoms in total. The molecular formula is C9H16F3N3O. The molecule has 7 heteroatoms. The van der Waals surface area contributed by atoms with Crippen LogP contribution in [0, 0.1) is 0 Å². The molecule has 0 aromatic carbocycles. The summed E-state index contributed by atoms with van der Waals surface area (Å²) in [6.07, 6.45) is -4.75. The highest BCUT2D eigenvalue weighted by Crippen LogP contribution is 2.20. The summed E-state index contributed by atoms with van der Waals surface area (Å²) >= 11 is 0. The Hall–Kier alpha value is -0.980. The number of alkyl halides is 3. The van der Waals surface area contributed by atoms with Crippen molar-refractivity contribution < 1.29 is 18.0 Å². The zero-order chi connectivity index (χ0) is 12.0. The first-order valence-electron chi connectivity index (χ1n) is 5.29. The molecule has 0 radical (unpaired) electrons. The number of hydrogen-bond acceptors (Lipinski definition) is 2. The van der Waals surface area contributed by atoms with Crippen molar-refractivity contribution in [2.45, 2.75) is 19.0 Å². The van der Waals surface area contributed by atoms with Crippen molar-refractivity contribution in [1.82, 2.24) is 15.5 Å². The summed E-state index contributed by atoms with van der Waals surface area (Å²) in [5, 5.41) is 5.54. The van der Waals surface area contributed by atoms with Gasteiger partial charge in [0.05, 0.1) is 0 Å². The second kappa shape index (κ2) is 5.93. The second-order valence-corrected chi connectivity index (χ2v) is 3.69. The largest absolute Gasteiger partial charge is 0.389 e. The van der Waals surface area contributed by atoms with Crippen LogP contribution < -0.4 is 10.6 Å². The zero-order valence-electron chi connectivity index (χ0n) is 8.94. The van der Waals surface area contributed by atoms with E-state index in [0.717, 1.165) is 0 Å². The van der Waals surface area contributed by atoms with E-state index in [0.29, 0.717) is 32.7 Å². The van der Waals surface area contributed by atoms with Gasteiger partial charge in [-0.1, -0.05) is 0 Å². The first-order valence-corrected chi connectivity index (χ1v) is 5.29. The van der Waals surface area contributed by atoms with E-state index in [-0.39, 0.29) is 12.5 Å². The van der Waals surface area contributed by atoms with Crippen molar-refractivity contribution in [1.29, 1.82) is 0 Å². The number of rotatable bonds is 6. The molecule has 1 fully saturated rings. The zero-order valence-corrected chi connectivity index (χ0v) is 8.94. The van der Waals surface area contributed by atoms with Crippen LogP contribution in [0.5, 0.6) is 0 Å². The Morgan fingerprint density at radius 2 is 2.12 bits per heavy atom. The number of hydrogen-bond donors (Lipinski definition) is 2. The lowest BCUT2D eigenvalue weighted by Crippen LogP contribution is -2.35. The molecule has 0 bridgehead atoms. The summed E-state index contributed by atoms with van der Waals surface area (Å²) in [6, 6.07) is -0.0999. The van der Waals surface area contributed by atoms with Gasteiger partial charge in [0.1, 0.15) is 0 Å². The van der Waals surface area contributed by atoms with E-state index in [1.807, 2.05) is 0 Å². The highest BCUT2D eigenvalue weighted by molar-refractivity contribution is 5.76. The number of carbonyl (C=O) groups is 1. The molecule has 0 aromatic rings. The van der Waals surface area contributed by atoms with Gasteiger partial charge >= 0.3 is 12.2 Å². The van der Waals surface area contributed by atoms with Crippen LogP contribution in [-0.4, -0.2) is 49.8 Å². The Labute approximate surface area is 92.2 Å². The number of urea groups is 1. The Morgan fingerprint density at radius 1 is 1.38 bits per heavy atom. The molecule has 0 aliphatic carbocycles. The van der Waals surface area contributed by atoms with Crippen molar-refractivity contribution in [3.8, 4) is 0 Å². The maximum absolute atomic E-state index is 11.8. The van der Waals surface area contributed by atoms with E-state index in [9.17, 15) is 18.0 Å². The fourth-order valence-electron chi connectivity index (χ4n) is 1.48. The molecule has 1 heterocycles. The normalized spacial score (nSPS) is 16.7. The van der Waals surface area contributed by atoms with Gasteiger partial charge in [-0.25, -0.2) is 4.79 Å². The molecule has 1 saturated heterocycles. The second-order valence-electron chi connectivity index (χ2n) is 3.69. The molecule has 1 aliphatic rings. The lowest BCUT2D eigenvalue weighted by Gasteiger charge is -2.14. The molecule has 1 rings (SSSR count). The van der Waals surface area contributed by atoms with Crippen LogP contribution in [0.15, 0.2) is 0 Å². The Bertz CT molecular complexity index is 233. The standard InChI is InChI=1S/C9H16F3N3O/c10-9(11,12)2-1-3-13-4-6-15-7-5-14-8(15)16/h13H,1-7H2,(H,14,16). The van der Waals surface area contributed by atoms with E-state index in [4.69, 9.17) is 0 Å². The molecule has 2 amide bonds. The fraction of sp³-hybridized carbons (Fsp3) is 0.889. The summed E-state index contributed by atoms with van der Waals surface area (Å²) in [5.41, 5.74) is 0. The number of carbonyl (C=O) groups excluding carboxylic acids is 1. The van der Waals surface area contributed by atoms with E-state index >= 15 is 0 Å². The molecule has 0 unspecified atom stereocenters. The molecule has 16 heavy (non-hydrogen) atoms. The predicted octanol–water partition coefficient (Wildman–Crippen LogP) is 0.944. The van der Waals surface area contributed by atoms with Gasteiger partial charge in [0.2, 0.25) is 0 Å². The van der Waals surface area contributed by atoms with Gasteiger partial charge in [0.25, 0.3) is 0 Å². The Balaban J connectivity index is 1.94. The SMILES string of the molecule is O=C1NCCN1CCNCCCC(F)(F)F. The van der Waals surface area contributed by atoms with Crippen LogP contribution in [0.3, 0.4) is 0 Å². The van der Waals surface area contributed by atoms with Gasteiger partial charge < -0.3 is 15.5 Å². The molecule has 0 atom stereocenters. The molecule has 0 aromatic heterocycles. The van der Waals surface area contributed by atoms with Crippen LogP contribution in [0.2, 0.25) is 0 Å². The van der Waals surface area contributed by atoms with Crippen LogP contribution >= 0.6 is 0 Å². The van der Waals surface area contributed by atoms with Crippen LogP contribution in [0.25, 0.3) is 0 Å². The Morgan fingerprint density at radius 3 is 2.69 bits per heavy atom. The third-order valence-corrected chi connectivity index (χ3v) is 2.32.